The maximum Gasteiger partial charge on any atom is 0.573 e. The van der Waals surface area contributed by atoms with Crippen LogP contribution < -0.4 is 4.74 Å². The van der Waals surface area contributed by atoms with Gasteiger partial charge in [0.05, 0.1) is 6.20 Å². The molecule has 0 saturated heterocycles. The molecule has 0 spiro atoms. The van der Waals surface area contributed by atoms with Gasteiger partial charge in [-0.15, -0.1) is 13.2 Å². The monoisotopic (exact) mass is 355 g/mol. The Bertz CT molecular complexity index is 395. The Kier molecular flexibility index (Phi) is 3.76. The molecule has 0 fully saturated rings. The van der Waals surface area contributed by atoms with Crippen molar-refractivity contribution in [1.29, 1.82) is 0 Å². The van der Waals surface area contributed by atoms with E-state index < -0.39 is 33.6 Å². The lowest BCUT2D eigenvalue weighted by Gasteiger charge is -2.14. The number of pyridine rings is 1. The number of alkyl halides is 5. The highest BCUT2D eigenvalue weighted by Crippen LogP contribution is 2.38. The first kappa shape index (κ1) is 13.2. The highest BCUT2D eigenvalue weighted by molar-refractivity contribution is 14.1. The number of halogens is 6. The Morgan fingerprint density at radius 3 is 2.38 bits per heavy atom. The van der Waals surface area contributed by atoms with E-state index in [1.54, 1.807) is 0 Å². The molecular weight excluding hydrogens is 352 g/mol. The van der Waals surface area contributed by atoms with Crippen LogP contribution in [0, 0.1) is 3.57 Å². The number of rotatable bonds is 2. The van der Waals surface area contributed by atoms with Crippen LogP contribution in [0.15, 0.2) is 6.20 Å². The van der Waals surface area contributed by atoms with Crippen molar-refractivity contribution in [2.45, 2.75) is 12.8 Å². The quantitative estimate of drug-likeness (QED) is 0.655. The van der Waals surface area contributed by atoms with Crippen LogP contribution >= 0.6 is 22.6 Å². The summed E-state index contributed by atoms with van der Waals surface area (Å²) < 4.78 is 63.3. The van der Waals surface area contributed by atoms with Gasteiger partial charge in [0, 0.05) is 0 Å². The van der Waals surface area contributed by atoms with Gasteiger partial charge >= 0.3 is 6.36 Å². The molecule has 0 aromatic carbocycles. The van der Waals surface area contributed by atoms with Crippen LogP contribution in [0.2, 0.25) is 0 Å². The van der Waals surface area contributed by atoms with Crippen LogP contribution in [0.5, 0.6) is 11.5 Å². The summed E-state index contributed by atoms with van der Waals surface area (Å²) in [5.74, 6) is -1.84. The van der Waals surface area contributed by atoms with Gasteiger partial charge < -0.3 is 9.84 Å². The lowest BCUT2D eigenvalue weighted by molar-refractivity contribution is -0.275. The van der Waals surface area contributed by atoms with Crippen molar-refractivity contribution in [3.63, 3.8) is 0 Å². The van der Waals surface area contributed by atoms with E-state index in [1.165, 1.54) is 22.6 Å². The van der Waals surface area contributed by atoms with E-state index in [1.807, 2.05) is 0 Å². The summed E-state index contributed by atoms with van der Waals surface area (Å²) in [6.45, 7) is 0. The van der Waals surface area contributed by atoms with Crippen LogP contribution in [-0.4, -0.2) is 16.5 Å². The highest BCUT2D eigenvalue weighted by atomic mass is 127. The lowest BCUT2D eigenvalue weighted by Crippen LogP contribution is -2.19. The van der Waals surface area contributed by atoms with Gasteiger partial charge in [-0.1, -0.05) is 0 Å². The van der Waals surface area contributed by atoms with Gasteiger partial charge in [-0.25, -0.2) is 13.8 Å². The van der Waals surface area contributed by atoms with Gasteiger partial charge in [-0.05, 0) is 22.6 Å². The molecule has 1 N–H and O–H groups in total. The van der Waals surface area contributed by atoms with E-state index >= 15 is 0 Å². The second-order valence-corrected chi connectivity index (χ2v) is 3.60. The van der Waals surface area contributed by atoms with Crippen molar-refractivity contribution in [2.24, 2.45) is 0 Å². The molecule has 16 heavy (non-hydrogen) atoms. The topological polar surface area (TPSA) is 42.4 Å². The van der Waals surface area contributed by atoms with Crippen molar-refractivity contribution >= 4 is 22.6 Å². The summed E-state index contributed by atoms with van der Waals surface area (Å²) >= 11 is 1.26. The Morgan fingerprint density at radius 2 is 1.94 bits per heavy atom. The predicted octanol–water partition coefficient (Wildman–Crippen LogP) is 3.23. The Labute approximate surface area is 99.4 Å². The number of aromatic nitrogens is 1. The Balaban J connectivity index is 3.26. The van der Waals surface area contributed by atoms with E-state index in [4.69, 9.17) is 5.11 Å². The average molecular weight is 355 g/mol. The fourth-order valence-electron chi connectivity index (χ4n) is 0.843. The molecule has 0 saturated carbocycles. The maximum atomic E-state index is 12.3. The normalized spacial score (nSPS) is 11.9. The van der Waals surface area contributed by atoms with Gasteiger partial charge in [-0.2, -0.15) is 0 Å². The number of ether oxygens (including phenoxy) is 1. The predicted molar refractivity (Wildman–Crippen MR) is 50.3 cm³/mol. The number of hydrogen-bond acceptors (Lipinski definition) is 3. The summed E-state index contributed by atoms with van der Waals surface area (Å²) in [4.78, 5) is 2.99. The minimum absolute atomic E-state index is 0.472. The van der Waals surface area contributed by atoms with Gasteiger partial charge in [0.2, 0.25) is 0 Å². The second-order valence-electron chi connectivity index (χ2n) is 2.52. The van der Waals surface area contributed by atoms with Crippen molar-refractivity contribution in [2.75, 3.05) is 0 Å². The minimum atomic E-state index is -5.13. The van der Waals surface area contributed by atoms with E-state index in [9.17, 15) is 22.0 Å². The summed E-state index contributed by atoms with van der Waals surface area (Å²) in [6.07, 6.45) is -7.72. The van der Waals surface area contributed by atoms with Crippen molar-refractivity contribution < 1.29 is 31.8 Å². The third-order valence-corrected chi connectivity index (χ3v) is 2.45. The molecule has 0 aliphatic carbocycles. The molecule has 1 aromatic heterocycles. The fourth-order valence-corrected chi connectivity index (χ4v) is 1.37. The zero-order valence-corrected chi connectivity index (χ0v) is 9.38. The van der Waals surface area contributed by atoms with Crippen LogP contribution in [0.3, 0.4) is 0 Å². The van der Waals surface area contributed by atoms with E-state index in [2.05, 4.69) is 9.72 Å². The van der Waals surface area contributed by atoms with Gasteiger partial charge in [0.25, 0.3) is 6.43 Å². The first-order valence-corrected chi connectivity index (χ1v) is 4.71. The van der Waals surface area contributed by atoms with Gasteiger partial charge in [0.1, 0.15) is 9.26 Å². The number of aromatic hydroxyl groups is 1. The maximum absolute atomic E-state index is 12.3. The van der Waals surface area contributed by atoms with E-state index in [0.717, 1.165) is 0 Å². The van der Waals surface area contributed by atoms with E-state index in [-0.39, 0.29) is 0 Å². The zero-order valence-electron chi connectivity index (χ0n) is 7.23. The van der Waals surface area contributed by atoms with Crippen molar-refractivity contribution in [3.8, 4) is 11.5 Å². The zero-order chi connectivity index (χ0) is 12.5. The second kappa shape index (κ2) is 4.55. The molecule has 0 aliphatic rings. The SMILES string of the molecule is Oc1cnc(C(F)F)c(OC(F)(F)F)c1I. The minimum Gasteiger partial charge on any atom is -0.505 e. The van der Waals surface area contributed by atoms with Gasteiger partial charge in [0.15, 0.2) is 11.5 Å². The molecule has 3 nitrogen and oxygen atoms in total. The third-order valence-electron chi connectivity index (χ3n) is 1.41. The van der Waals surface area contributed by atoms with Crippen LogP contribution in [-0.2, 0) is 0 Å². The largest absolute Gasteiger partial charge is 0.573 e. The Morgan fingerprint density at radius 1 is 1.38 bits per heavy atom. The molecule has 0 bridgehead atoms. The van der Waals surface area contributed by atoms with Crippen molar-refractivity contribution in [3.05, 3.63) is 15.5 Å². The molecule has 0 radical (unpaired) electrons. The first-order chi connectivity index (χ1) is 7.22. The van der Waals surface area contributed by atoms with Crippen LogP contribution in [0.1, 0.15) is 12.1 Å². The summed E-state index contributed by atoms with van der Waals surface area (Å²) in [5, 5.41) is 9.04. The van der Waals surface area contributed by atoms with Crippen molar-refractivity contribution in [1.82, 2.24) is 4.98 Å². The smallest absolute Gasteiger partial charge is 0.505 e. The van der Waals surface area contributed by atoms with E-state index in [0.29, 0.717) is 6.20 Å². The molecule has 9 heteroatoms. The van der Waals surface area contributed by atoms with Gasteiger partial charge in [-0.3, -0.25) is 0 Å². The third kappa shape index (κ3) is 3.06. The summed E-state index contributed by atoms with van der Waals surface area (Å²) in [5.41, 5.74) is -1.17. The first-order valence-electron chi connectivity index (χ1n) is 3.63. The van der Waals surface area contributed by atoms with Crippen LogP contribution in [0.25, 0.3) is 0 Å². The molecular formula is C7H3F5INO2. The molecule has 0 aliphatic heterocycles. The molecule has 0 atom stereocenters. The average Bonchev–Trinajstić information content (AvgIpc) is 2.10. The molecule has 1 rings (SSSR count). The molecule has 0 amide bonds. The Hall–Kier alpha value is -0.870. The number of nitrogens with zero attached hydrogens (tertiary/aromatic N) is 1. The molecule has 1 heterocycles. The lowest BCUT2D eigenvalue weighted by atomic mass is 10.3. The van der Waals surface area contributed by atoms with Crippen LogP contribution in [0.4, 0.5) is 22.0 Å². The molecule has 90 valence electrons. The summed E-state index contributed by atoms with van der Waals surface area (Å²) in [7, 11) is 0. The highest BCUT2D eigenvalue weighted by Gasteiger charge is 2.35. The molecule has 0 unspecified atom stereocenters. The standard InChI is InChI=1S/C7H3F5INO2/c8-6(9)4-5(16-7(10,11)12)3(13)2(15)1-14-4/h1,6,15H. The number of hydrogen-bond donors (Lipinski definition) is 1. The summed E-state index contributed by atoms with van der Waals surface area (Å²) in [6, 6.07) is 0. The molecule has 1 aromatic rings. The fraction of sp³-hybridized carbons (Fsp3) is 0.286.